The third kappa shape index (κ3) is 2.90. The van der Waals surface area contributed by atoms with Crippen LogP contribution in [0.3, 0.4) is 0 Å². The Morgan fingerprint density at radius 3 is 2.94 bits per heavy atom. The topological polar surface area (TPSA) is 81.1 Å². The van der Waals surface area contributed by atoms with E-state index in [0.29, 0.717) is 13.0 Å². The zero-order valence-corrected chi connectivity index (χ0v) is 11.1. The van der Waals surface area contributed by atoms with E-state index in [1.165, 1.54) is 0 Å². The SMILES string of the molecule is CCCn1ccnc(NC2CCS(=O)(=O)C2)c1=O. The van der Waals surface area contributed by atoms with Crippen molar-refractivity contribution in [2.24, 2.45) is 0 Å². The van der Waals surface area contributed by atoms with Gasteiger partial charge in [-0.3, -0.25) is 4.79 Å². The van der Waals surface area contributed by atoms with E-state index in [4.69, 9.17) is 0 Å². The number of anilines is 1. The van der Waals surface area contributed by atoms with Crippen LogP contribution in [0.25, 0.3) is 0 Å². The minimum Gasteiger partial charge on any atom is -0.362 e. The van der Waals surface area contributed by atoms with Crippen LogP contribution in [0.2, 0.25) is 0 Å². The van der Waals surface area contributed by atoms with Crippen molar-refractivity contribution < 1.29 is 8.42 Å². The monoisotopic (exact) mass is 271 g/mol. The number of hydrogen-bond acceptors (Lipinski definition) is 5. The standard InChI is InChI=1S/C11H17N3O3S/c1-2-5-14-6-4-12-10(11(14)15)13-9-3-7-18(16,17)8-9/h4,6,9H,2-3,5,7-8H2,1H3,(H,12,13). The molecule has 1 unspecified atom stereocenters. The van der Waals surface area contributed by atoms with Crippen LogP contribution < -0.4 is 10.9 Å². The number of aromatic nitrogens is 2. The molecule has 0 spiro atoms. The molecule has 0 bridgehead atoms. The molecule has 1 atom stereocenters. The summed E-state index contributed by atoms with van der Waals surface area (Å²) in [4.78, 5) is 16.0. The first-order chi connectivity index (χ1) is 8.52. The van der Waals surface area contributed by atoms with Crippen molar-refractivity contribution in [3.05, 3.63) is 22.7 Å². The molecule has 0 aromatic carbocycles. The number of hydrogen-bond donors (Lipinski definition) is 1. The van der Waals surface area contributed by atoms with Gasteiger partial charge >= 0.3 is 0 Å². The van der Waals surface area contributed by atoms with Crippen molar-refractivity contribution >= 4 is 15.7 Å². The van der Waals surface area contributed by atoms with Gasteiger partial charge in [0, 0.05) is 25.0 Å². The molecular weight excluding hydrogens is 254 g/mol. The fourth-order valence-corrected chi connectivity index (χ4v) is 3.74. The maximum atomic E-state index is 12.0. The molecule has 1 aromatic heterocycles. The van der Waals surface area contributed by atoms with Crippen LogP contribution in [0, 0.1) is 0 Å². The smallest absolute Gasteiger partial charge is 0.293 e. The first-order valence-electron chi connectivity index (χ1n) is 6.04. The molecule has 18 heavy (non-hydrogen) atoms. The summed E-state index contributed by atoms with van der Waals surface area (Å²) < 4.78 is 24.3. The van der Waals surface area contributed by atoms with Crippen LogP contribution in [0.1, 0.15) is 19.8 Å². The van der Waals surface area contributed by atoms with Gasteiger partial charge in [0.15, 0.2) is 15.7 Å². The van der Waals surface area contributed by atoms with Gasteiger partial charge < -0.3 is 9.88 Å². The molecule has 100 valence electrons. The van der Waals surface area contributed by atoms with Gasteiger partial charge in [-0.15, -0.1) is 0 Å². The summed E-state index contributed by atoms with van der Waals surface area (Å²) in [5.74, 6) is 0.505. The molecular formula is C11H17N3O3S. The second kappa shape index (κ2) is 5.09. The Morgan fingerprint density at radius 1 is 1.56 bits per heavy atom. The van der Waals surface area contributed by atoms with Gasteiger partial charge in [-0.05, 0) is 12.8 Å². The lowest BCUT2D eigenvalue weighted by Gasteiger charge is -2.12. The first-order valence-corrected chi connectivity index (χ1v) is 7.86. The highest BCUT2D eigenvalue weighted by Gasteiger charge is 2.28. The number of rotatable bonds is 4. The molecule has 1 N–H and O–H groups in total. The summed E-state index contributed by atoms with van der Waals surface area (Å²) in [6, 6.07) is -0.201. The molecule has 2 heterocycles. The molecule has 0 aliphatic carbocycles. The molecule has 0 saturated carbocycles. The maximum Gasteiger partial charge on any atom is 0.293 e. The van der Waals surface area contributed by atoms with Crippen molar-refractivity contribution in [1.29, 1.82) is 0 Å². The molecule has 1 fully saturated rings. The van der Waals surface area contributed by atoms with Crippen molar-refractivity contribution in [3.8, 4) is 0 Å². The molecule has 1 aliphatic heterocycles. The van der Waals surface area contributed by atoms with Crippen LogP contribution in [-0.2, 0) is 16.4 Å². The van der Waals surface area contributed by atoms with E-state index in [-0.39, 0.29) is 28.9 Å². The van der Waals surface area contributed by atoms with Gasteiger partial charge in [-0.25, -0.2) is 13.4 Å². The van der Waals surface area contributed by atoms with Gasteiger partial charge in [0.05, 0.1) is 11.5 Å². The largest absolute Gasteiger partial charge is 0.362 e. The van der Waals surface area contributed by atoms with E-state index < -0.39 is 9.84 Å². The summed E-state index contributed by atoms with van der Waals surface area (Å²) in [7, 11) is -2.95. The van der Waals surface area contributed by atoms with Gasteiger partial charge in [0.2, 0.25) is 0 Å². The second-order valence-electron chi connectivity index (χ2n) is 4.52. The van der Waals surface area contributed by atoms with Crippen molar-refractivity contribution in [3.63, 3.8) is 0 Å². The summed E-state index contributed by atoms with van der Waals surface area (Å²) in [6.45, 7) is 2.63. The molecule has 6 nitrogen and oxygen atoms in total. The Bertz CT molecular complexity index is 579. The van der Waals surface area contributed by atoms with Crippen molar-refractivity contribution in [2.45, 2.75) is 32.4 Å². The van der Waals surface area contributed by atoms with E-state index in [1.807, 2.05) is 6.92 Å². The predicted octanol–water partition coefficient (Wildman–Crippen LogP) is 0.252. The highest BCUT2D eigenvalue weighted by molar-refractivity contribution is 7.91. The molecule has 7 heteroatoms. The lowest BCUT2D eigenvalue weighted by Crippen LogP contribution is -2.29. The van der Waals surface area contributed by atoms with E-state index in [0.717, 1.165) is 6.42 Å². The van der Waals surface area contributed by atoms with E-state index in [1.54, 1.807) is 17.0 Å². The van der Waals surface area contributed by atoms with Crippen LogP contribution in [0.5, 0.6) is 0 Å². The fourth-order valence-electron chi connectivity index (χ4n) is 2.07. The predicted molar refractivity (Wildman–Crippen MR) is 69.5 cm³/mol. The zero-order valence-electron chi connectivity index (χ0n) is 10.3. The summed E-state index contributed by atoms with van der Waals surface area (Å²) in [5, 5.41) is 2.94. The lowest BCUT2D eigenvalue weighted by atomic mass is 10.2. The third-order valence-corrected chi connectivity index (χ3v) is 4.72. The molecule has 1 aliphatic rings. The summed E-state index contributed by atoms with van der Waals surface area (Å²) in [5.41, 5.74) is -0.191. The molecule has 1 aromatic rings. The van der Waals surface area contributed by atoms with Crippen molar-refractivity contribution in [1.82, 2.24) is 9.55 Å². The maximum absolute atomic E-state index is 12.0. The Labute approximate surface area is 106 Å². The average molecular weight is 271 g/mol. The lowest BCUT2D eigenvalue weighted by molar-refractivity contribution is 0.602. The van der Waals surface area contributed by atoms with E-state index in [9.17, 15) is 13.2 Å². The quantitative estimate of drug-likeness (QED) is 0.849. The van der Waals surface area contributed by atoms with Crippen LogP contribution in [0.4, 0.5) is 5.82 Å². The van der Waals surface area contributed by atoms with Crippen LogP contribution in [-0.4, -0.2) is 35.5 Å². The van der Waals surface area contributed by atoms with Gasteiger partial charge in [-0.2, -0.15) is 0 Å². The Morgan fingerprint density at radius 2 is 2.33 bits per heavy atom. The molecule has 1 saturated heterocycles. The van der Waals surface area contributed by atoms with Gasteiger partial charge in [0.25, 0.3) is 5.56 Å². The number of nitrogens with one attached hydrogen (secondary N) is 1. The summed E-state index contributed by atoms with van der Waals surface area (Å²) >= 11 is 0. The Hall–Kier alpha value is -1.37. The number of sulfone groups is 1. The first kappa shape index (κ1) is 13.1. The Kier molecular flexibility index (Phi) is 3.70. The van der Waals surface area contributed by atoms with Crippen molar-refractivity contribution in [2.75, 3.05) is 16.8 Å². The molecule has 2 rings (SSSR count). The highest BCUT2D eigenvalue weighted by atomic mass is 32.2. The second-order valence-corrected chi connectivity index (χ2v) is 6.75. The zero-order chi connectivity index (χ0) is 13.2. The van der Waals surface area contributed by atoms with Crippen LogP contribution in [0.15, 0.2) is 17.2 Å². The van der Waals surface area contributed by atoms with E-state index >= 15 is 0 Å². The van der Waals surface area contributed by atoms with E-state index in [2.05, 4.69) is 10.3 Å². The average Bonchev–Trinajstić information content (AvgIpc) is 2.64. The Balaban J connectivity index is 2.15. The summed E-state index contributed by atoms with van der Waals surface area (Å²) in [6.07, 6.45) is 4.60. The number of aryl methyl sites for hydroxylation is 1. The highest BCUT2D eigenvalue weighted by Crippen LogP contribution is 2.14. The minimum absolute atomic E-state index is 0.0802. The normalized spacial score (nSPS) is 21.9. The van der Waals surface area contributed by atoms with Gasteiger partial charge in [-0.1, -0.05) is 6.92 Å². The third-order valence-electron chi connectivity index (χ3n) is 2.95. The molecule has 0 amide bonds. The minimum atomic E-state index is -2.95. The number of nitrogens with zero attached hydrogens (tertiary/aromatic N) is 2. The molecule has 0 radical (unpaired) electrons. The van der Waals surface area contributed by atoms with Gasteiger partial charge in [0.1, 0.15) is 0 Å². The van der Waals surface area contributed by atoms with Crippen LogP contribution >= 0.6 is 0 Å². The fraction of sp³-hybridized carbons (Fsp3) is 0.636.